The molecule has 0 heterocycles. The van der Waals surface area contributed by atoms with Crippen LogP contribution in [0.3, 0.4) is 0 Å². The lowest BCUT2D eigenvalue weighted by Gasteiger charge is -2.09. The van der Waals surface area contributed by atoms with Crippen LogP contribution >= 0.6 is 0 Å². The first kappa shape index (κ1) is 21.1. The maximum atomic E-state index is 10.5. The van der Waals surface area contributed by atoms with Crippen molar-refractivity contribution in [3.63, 3.8) is 0 Å². The second kappa shape index (κ2) is 7.99. The molecule has 9 heteroatoms. The lowest BCUT2D eigenvalue weighted by atomic mass is 10.0. The molecule has 0 bridgehead atoms. The zero-order valence-electron chi connectivity index (χ0n) is 15.7. The molecule has 0 aliphatic heterocycles. The van der Waals surface area contributed by atoms with Gasteiger partial charge >= 0.3 is 0 Å². The standard InChI is InChI=1S/C22H18O9/c23-14-9-15(24)13(4-2-11-7-18(27)22(31)19(28)8-11)20(29)12(14)3-1-10-5-16(25)21(30)17(26)6-10/h1-9,23-31H/b3-1+,4-2+. The van der Waals surface area contributed by atoms with Crippen molar-refractivity contribution in [2.24, 2.45) is 0 Å². The number of phenolic OH excluding ortho intramolecular Hbond substituents is 9. The van der Waals surface area contributed by atoms with Crippen molar-refractivity contribution in [3.8, 4) is 51.7 Å². The zero-order chi connectivity index (χ0) is 22.9. The summed E-state index contributed by atoms with van der Waals surface area (Å²) in [5.41, 5.74) is 0.292. The van der Waals surface area contributed by atoms with Gasteiger partial charge < -0.3 is 46.0 Å². The summed E-state index contributed by atoms with van der Waals surface area (Å²) in [6, 6.07) is 5.56. The molecule has 9 N–H and O–H groups in total. The van der Waals surface area contributed by atoms with Crippen LogP contribution in [-0.4, -0.2) is 46.0 Å². The molecule has 0 saturated carbocycles. The van der Waals surface area contributed by atoms with Gasteiger partial charge in [-0.15, -0.1) is 0 Å². The number of hydrogen-bond acceptors (Lipinski definition) is 9. The Balaban J connectivity index is 2.00. The molecular formula is C22H18O9. The van der Waals surface area contributed by atoms with Crippen LogP contribution in [0.2, 0.25) is 0 Å². The summed E-state index contributed by atoms with van der Waals surface area (Å²) in [6.07, 6.45) is 5.17. The molecule has 0 aromatic heterocycles. The fourth-order valence-electron chi connectivity index (χ4n) is 2.80. The van der Waals surface area contributed by atoms with Crippen molar-refractivity contribution in [2.75, 3.05) is 0 Å². The van der Waals surface area contributed by atoms with Gasteiger partial charge in [0, 0.05) is 6.07 Å². The number of rotatable bonds is 4. The van der Waals surface area contributed by atoms with E-state index >= 15 is 0 Å². The zero-order valence-corrected chi connectivity index (χ0v) is 15.7. The van der Waals surface area contributed by atoms with Gasteiger partial charge in [-0.05, 0) is 47.5 Å². The van der Waals surface area contributed by atoms with Crippen LogP contribution in [0.5, 0.6) is 51.7 Å². The summed E-state index contributed by atoms with van der Waals surface area (Å²) in [7, 11) is 0. The largest absolute Gasteiger partial charge is 0.507 e. The lowest BCUT2D eigenvalue weighted by molar-refractivity contribution is 0.367. The number of hydrogen-bond donors (Lipinski definition) is 9. The lowest BCUT2D eigenvalue weighted by Crippen LogP contribution is -1.85. The highest BCUT2D eigenvalue weighted by Gasteiger charge is 2.15. The molecule has 0 radical (unpaired) electrons. The predicted octanol–water partition coefficient (Wildman–Crippen LogP) is 3.38. The molecular weight excluding hydrogens is 408 g/mol. The summed E-state index contributed by atoms with van der Waals surface area (Å²) >= 11 is 0. The van der Waals surface area contributed by atoms with Crippen molar-refractivity contribution in [3.05, 3.63) is 52.6 Å². The van der Waals surface area contributed by atoms with E-state index in [9.17, 15) is 46.0 Å². The third kappa shape index (κ3) is 4.20. The molecule has 0 amide bonds. The first-order valence-electron chi connectivity index (χ1n) is 8.72. The van der Waals surface area contributed by atoms with Crippen LogP contribution in [-0.2, 0) is 0 Å². The third-order valence-electron chi connectivity index (χ3n) is 4.40. The van der Waals surface area contributed by atoms with Gasteiger partial charge in [0.1, 0.15) is 17.2 Å². The number of aromatic hydroxyl groups is 9. The Bertz CT molecular complexity index is 1090. The van der Waals surface area contributed by atoms with Crippen LogP contribution < -0.4 is 0 Å². The molecule has 0 atom stereocenters. The van der Waals surface area contributed by atoms with E-state index in [-0.39, 0.29) is 22.3 Å². The summed E-state index contributed by atoms with van der Waals surface area (Å²) in [5, 5.41) is 87.7. The van der Waals surface area contributed by atoms with Gasteiger partial charge in [0.25, 0.3) is 0 Å². The Kier molecular flexibility index (Phi) is 5.43. The fraction of sp³-hybridized carbons (Fsp3) is 0. The highest BCUT2D eigenvalue weighted by Crippen LogP contribution is 2.41. The molecule has 31 heavy (non-hydrogen) atoms. The summed E-state index contributed by atoms with van der Waals surface area (Å²) in [4.78, 5) is 0. The van der Waals surface area contributed by atoms with Gasteiger partial charge in [0.2, 0.25) is 0 Å². The van der Waals surface area contributed by atoms with E-state index in [0.29, 0.717) is 0 Å². The predicted molar refractivity (Wildman–Crippen MR) is 112 cm³/mol. The maximum absolute atomic E-state index is 10.5. The summed E-state index contributed by atoms with van der Waals surface area (Å²) < 4.78 is 0. The van der Waals surface area contributed by atoms with Crippen molar-refractivity contribution in [1.29, 1.82) is 0 Å². The summed E-state index contributed by atoms with van der Waals surface area (Å²) in [6.45, 7) is 0. The number of phenols is 9. The van der Waals surface area contributed by atoms with Crippen LogP contribution in [0, 0.1) is 0 Å². The molecule has 3 aromatic carbocycles. The molecule has 3 aromatic rings. The van der Waals surface area contributed by atoms with E-state index in [0.717, 1.165) is 30.3 Å². The monoisotopic (exact) mass is 426 g/mol. The normalized spacial score (nSPS) is 11.5. The van der Waals surface area contributed by atoms with Crippen molar-refractivity contribution >= 4 is 24.3 Å². The van der Waals surface area contributed by atoms with Crippen LogP contribution in [0.15, 0.2) is 30.3 Å². The Morgan fingerprint density at radius 3 is 1.00 bits per heavy atom. The Labute approximate surface area is 175 Å². The Hall–Kier alpha value is -4.66. The van der Waals surface area contributed by atoms with Gasteiger partial charge in [-0.25, -0.2) is 0 Å². The smallest absolute Gasteiger partial charge is 0.200 e. The minimum absolute atomic E-state index is 0.0964. The number of benzene rings is 3. The molecule has 0 unspecified atom stereocenters. The first-order chi connectivity index (χ1) is 14.6. The minimum Gasteiger partial charge on any atom is -0.507 e. The molecule has 0 spiro atoms. The topological polar surface area (TPSA) is 182 Å². The molecule has 3 rings (SSSR count). The summed E-state index contributed by atoms with van der Waals surface area (Å²) in [5.74, 6) is -5.08. The van der Waals surface area contributed by atoms with Crippen molar-refractivity contribution in [2.45, 2.75) is 0 Å². The van der Waals surface area contributed by atoms with Crippen LogP contribution in [0.1, 0.15) is 22.3 Å². The molecule has 0 fully saturated rings. The van der Waals surface area contributed by atoms with E-state index in [2.05, 4.69) is 0 Å². The van der Waals surface area contributed by atoms with Gasteiger partial charge in [-0.3, -0.25) is 0 Å². The van der Waals surface area contributed by atoms with Gasteiger partial charge in [0.15, 0.2) is 34.5 Å². The second-order valence-electron chi connectivity index (χ2n) is 6.57. The van der Waals surface area contributed by atoms with Gasteiger partial charge in [-0.2, -0.15) is 0 Å². The van der Waals surface area contributed by atoms with E-state index in [1.807, 2.05) is 0 Å². The molecule has 0 aliphatic carbocycles. The molecule has 9 nitrogen and oxygen atoms in total. The molecule has 160 valence electrons. The van der Waals surface area contributed by atoms with Gasteiger partial charge in [-0.1, -0.05) is 12.2 Å². The van der Waals surface area contributed by atoms with E-state index in [1.165, 1.54) is 24.3 Å². The Morgan fingerprint density at radius 1 is 0.355 bits per heavy atom. The minimum atomic E-state index is -0.689. The average molecular weight is 426 g/mol. The van der Waals surface area contributed by atoms with Gasteiger partial charge in [0.05, 0.1) is 11.1 Å². The van der Waals surface area contributed by atoms with Crippen molar-refractivity contribution in [1.82, 2.24) is 0 Å². The molecule has 0 aliphatic rings. The van der Waals surface area contributed by atoms with Crippen molar-refractivity contribution < 1.29 is 46.0 Å². The van der Waals surface area contributed by atoms with E-state index in [4.69, 9.17) is 0 Å². The maximum Gasteiger partial charge on any atom is 0.200 e. The Morgan fingerprint density at radius 2 is 0.677 bits per heavy atom. The van der Waals surface area contributed by atoms with E-state index < -0.39 is 51.7 Å². The fourth-order valence-corrected chi connectivity index (χ4v) is 2.80. The van der Waals surface area contributed by atoms with Crippen LogP contribution in [0.4, 0.5) is 0 Å². The average Bonchev–Trinajstić information content (AvgIpc) is 2.69. The SMILES string of the molecule is Oc1cc(/C=C/c2c(O)cc(O)c(/C=C/c3cc(O)c(O)c(O)c3)c2O)cc(O)c1O. The highest BCUT2D eigenvalue weighted by molar-refractivity contribution is 5.84. The highest BCUT2D eigenvalue weighted by atomic mass is 16.3. The first-order valence-corrected chi connectivity index (χ1v) is 8.72. The molecule has 0 saturated heterocycles. The third-order valence-corrected chi connectivity index (χ3v) is 4.40. The van der Waals surface area contributed by atoms with E-state index in [1.54, 1.807) is 0 Å². The second-order valence-corrected chi connectivity index (χ2v) is 6.57. The van der Waals surface area contributed by atoms with Crippen LogP contribution in [0.25, 0.3) is 24.3 Å². The quantitative estimate of drug-likeness (QED) is 0.223.